The van der Waals surface area contributed by atoms with Gasteiger partial charge in [-0.2, -0.15) is 0 Å². The number of para-hydroxylation sites is 2. The largest absolute Gasteiger partial charge is 0.373 e. The maximum Gasteiger partial charge on any atom is 0.203 e. The van der Waals surface area contributed by atoms with Crippen LogP contribution in [-0.4, -0.2) is 59.8 Å². The van der Waals surface area contributed by atoms with Gasteiger partial charge < -0.3 is 14.6 Å². The van der Waals surface area contributed by atoms with Gasteiger partial charge in [0, 0.05) is 26.2 Å². The Hall–Kier alpha value is -1.59. The first-order valence-electron chi connectivity index (χ1n) is 9.75. The molecule has 0 aliphatic carbocycles. The fraction of sp³-hybridized carbons (Fsp3) is 0.650. The zero-order chi connectivity index (χ0) is 17.2. The van der Waals surface area contributed by atoms with Crippen LogP contribution in [0.25, 0.3) is 11.0 Å². The molecule has 0 bridgehead atoms. The van der Waals surface area contributed by atoms with Crippen molar-refractivity contribution in [1.82, 2.24) is 14.9 Å². The van der Waals surface area contributed by atoms with Gasteiger partial charge in [0.05, 0.1) is 23.2 Å². The number of nitrogens with one attached hydrogen (secondary N) is 1. The maximum atomic E-state index is 5.84. The van der Waals surface area contributed by atoms with E-state index in [1.807, 2.05) is 6.07 Å². The number of nitrogens with zero attached hydrogens (tertiary/aromatic N) is 3. The van der Waals surface area contributed by atoms with Gasteiger partial charge >= 0.3 is 0 Å². The second-order valence-electron chi connectivity index (χ2n) is 7.81. The summed E-state index contributed by atoms with van der Waals surface area (Å²) in [5.41, 5.74) is 2.20. The Labute approximate surface area is 150 Å². The molecule has 1 N–H and O–H groups in total. The Morgan fingerprint density at radius 2 is 1.84 bits per heavy atom. The van der Waals surface area contributed by atoms with E-state index in [9.17, 15) is 0 Å². The fourth-order valence-electron chi connectivity index (χ4n) is 4.35. The Morgan fingerprint density at radius 1 is 1.12 bits per heavy atom. The van der Waals surface area contributed by atoms with E-state index in [0.717, 1.165) is 49.1 Å². The van der Waals surface area contributed by atoms with Crippen molar-refractivity contribution in [2.24, 2.45) is 5.92 Å². The van der Waals surface area contributed by atoms with Crippen LogP contribution in [0.5, 0.6) is 0 Å². The standard InChI is InChI=1S/C20H30N4O/c1-15-13-23(14-16(2)25-15)10-7-17-8-11-24(12-9-17)20-21-18-5-3-4-6-19(18)22-20/h3-6,15-17H,7-14H2,1-2H3,(H,21,22). The van der Waals surface area contributed by atoms with Gasteiger partial charge in [-0.25, -0.2) is 4.98 Å². The molecule has 2 aliphatic rings. The molecule has 0 spiro atoms. The molecule has 0 radical (unpaired) electrons. The quantitative estimate of drug-likeness (QED) is 0.926. The summed E-state index contributed by atoms with van der Waals surface area (Å²) in [6.07, 6.45) is 4.60. The maximum absolute atomic E-state index is 5.84. The predicted molar refractivity (Wildman–Crippen MR) is 102 cm³/mol. The number of H-pyrrole nitrogens is 1. The van der Waals surface area contributed by atoms with Gasteiger partial charge in [0.1, 0.15) is 0 Å². The molecule has 1 aromatic carbocycles. The number of rotatable bonds is 4. The third-order valence-corrected chi connectivity index (χ3v) is 5.64. The second-order valence-corrected chi connectivity index (χ2v) is 7.81. The Bertz CT molecular complexity index is 649. The number of benzene rings is 1. The number of anilines is 1. The Kier molecular flexibility index (Phi) is 4.95. The number of morpholine rings is 1. The average molecular weight is 342 g/mol. The molecule has 5 nitrogen and oxygen atoms in total. The van der Waals surface area contributed by atoms with Gasteiger partial charge in [0.25, 0.3) is 0 Å². The van der Waals surface area contributed by atoms with Crippen molar-refractivity contribution in [3.8, 4) is 0 Å². The summed E-state index contributed by atoms with van der Waals surface area (Å²) in [5, 5.41) is 0. The smallest absolute Gasteiger partial charge is 0.203 e. The van der Waals surface area contributed by atoms with Crippen molar-refractivity contribution >= 4 is 17.0 Å². The van der Waals surface area contributed by atoms with Crippen LogP contribution in [0.15, 0.2) is 24.3 Å². The second kappa shape index (κ2) is 7.34. The minimum Gasteiger partial charge on any atom is -0.373 e. The van der Waals surface area contributed by atoms with Crippen LogP contribution in [0.2, 0.25) is 0 Å². The van der Waals surface area contributed by atoms with E-state index in [4.69, 9.17) is 9.72 Å². The van der Waals surface area contributed by atoms with E-state index < -0.39 is 0 Å². The lowest BCUT2D eigenvalue weighted by Gasteiger charge is -2.37. The molecular weight excluding hydrogens is 312 g/mol. The first kappa shape index (κ1) is 16.9. The van der Waals surface area contributed by atoms with E-state index in [1.165, 1.54) is 25.8 Å². The molecule has 0 saturated carbocycles. The summed E-state index contributed by atoms with van der Waals surface area (Å²) in [6.45, 7) is 9.99. The molecule has 2 aliphatic heterocycles. The zero-order valence-corrected chi connectivity index (χ0v) is 15.4. The van der Waals surface area contributed by atoms with E-state index in [1.54, 1.807) is 0 Å². The number of ether oxygens (including phenoxy) is 1. The van der Waals surface area contributed by atoms with E-state index >= 15 is 0 Å². The van der Waals surface area contributed by atoms with Crippen molar-refractivity contribution in [3.63, 3.8) is 0 Å². The highest BCUT2D eigenvalue weighted by Gasteiger charge is 2.25. The highest BCUT2D eigenvalue weighted by molar-refractivity contribution is 5.77. The molecular formula is C20H30N4O. The lowest BCUT2D eigenvalue weighted by Crippen LogP contribution is -2.46. The number of hydrogen-bond acceptors (Lipinski definition) is 4. The van der Waals surface area contributed by atoms with Gasteiger partial charge in [-0.05, 0) is 57.7 Å². The Morgan fingerprint density at radius 3 is 2.56 bits per heavy atom. The monoisotopic (exact) mass is 342 g/mol. The van der Waals surface area contributed by atoms with Crippen LogP contribution in [0.3, 0.4) is 0 Å². The van der Waals surface area contributed by atoms with Crippen LogP contribution in [0.4, 0.5) is 5.95 Å². The van der Waals surface area contributed by atoms with Crippen LogP contribution >= 0.6 is 0 Å². The molecule has 4 rings (SSSR count). The number of imidazole rings is 1. The first-order valence-corrected chi connectivity index (χ1v) is 9.75. The van der Waals surface area contributed by atoms with E-state index in [2.05, 4.69) is 46.8 Å². The highest BCUT2D eigenvalue weighted by Crippen LogP contribution is 2.26. The van der Waals surface area contributed by atoms with Gasteiger partial charge in [0.15, 0.2) is 0 Å². The van der Waals surface area contributed by atoms with Crippen LogP contribution in [-0.2, 0) is 4.74 Å². The normalized spacial score (nSPS) is 26.4. The minimum absolute atomic E-state index is 0.374. The van der Waals surface area contributed by atoms with Gasteiger partial charge in [-0.15, -0.1) is 0 Å². The highest BCUT2D eigenvalue weighted by atomic mass is 16.5. The van der Waals surface area contributed by atoms with Gasteiger partial charge in [-0.3, -0.25) is 4.90 Å². The van der Waals surface area contributed by atoms with Gasteiger partial charge in [-0.1, -0.05) is 12.1 Å². The van der Waals surface area contributed by atoms with Gasteiger partial charge in [0.2, 0.25) is 5.95 Å². The predicted octanol–water partition coefficient (Wildman–Crippen LogP) is 3.28. The van der Waals surface area contributed by atoms with Crippen LogP contribution in [0.1, 0.15) is 33.1 Å². The van der Waals surface area contributed by atoms with Crippen molar-refractivity contribution in [2.75, 3.05) is 37.6 Å². The molecule has 136 valence electrons. The van der Waals surface area contributed by atoms with E-state index in [-0.39, 0.29) is 0 Å². The average Bonchev–Trinajstić information content (AvgIpc) is 3.04. The molecule has 2 unspecified atom stereocenters. The lowest BCUT2D eigenvalue weighted by molar-refractivity contribution is -0.0690. The summed E-state index contributed by atoms with van der Waals surface area (Å²) in [6, 6.07) is 8.28. The molecule has 25 heavy (non-hydrogen) atoms. The molecule has 3 heterocycles. The number of aromatic nitrogens is 2. The summed E-state index contributed by atoms with van der Waals surface area (Å²) in [4.78, 5) is 13.2. The first-order chi connectivity index (χ1) is 12.2. The van der Waals surface area contributed by atoms with Crippen molar-refractivity contribution in [1.29, 1.82) is 0 Å². The van der Waals surface area contributed by atoms with Crippen molar-refractivity contribution < 1.29 is 4.74 Å². The number of piperidine rings is 1. The van der Waals surface area contributed by atoms with Crippen LogP contribution in [0, 0.1) is 5.92 Å². The molecule has 2 aromatic rings. The van der Waals surface area contributed by atoms with Crippen molar-refractivity contribution in [3.05, 3.63) is 24.3 Å². The third-order valence-electron chi connectivity index (χ3n) is 5.64. The summed E-state index contributed by atoms with van der Waals surface area (Å²) in [5.74, 6) is 1.88. The molecule has 2 fully saturated rings. The summed E-state index contributed by atoms with van der Waals surface area (Å²) < 4.78 is 5.84. The molecule has 2 saturated heterocycles. The fourth-order valence-corrected chi connectivity index (χ4v) is 4.35. The lowest BCUT2D eigenvalue weighted by atomic mass is 9.93. The molecule has 2 atom stereocenters. The van der Waals surface area contributed by atoms with Crippen molar-refractivity contribution in [2.45, 2.75) is 45.3 Å². The Balaban J connectivity index is 1.27. The van der Waals surface area contributed by atoms with E-state index in [0.29, 0.717) is 12.2 Å². The third kappa shape index (κ3) is 3.98. The zero-order valence-electron chi connectivity index (χ0n) is 15.4. The number of hydrogen-bond donors (Lipinski definition) is 1. The van der Waals surface area contributed by atoms with Crippen LogP contribution < -0.4 is 4.90 Å². The topological polar surface area (TPSA) is 44.4 Å². The molecule has 0 amide bonds. The minimum atomic E-state index is 0.374. The molecule has 1 aromatic heterocycles. The summed E-state index contributed by atoms with van der Waals surface area (Å²) >= 11 is 0. The number of aromatic amines is 1. The summed E-state index contributed by atoms with van der Waals surface area (Å²) in [7, 11) is 0. The SMILES string of the molecule is CC1CN(CCC2CCN(c3nc4ccccc4[nH]3)CC2)CC(C)O1. The molecule has 5 heteroatoms. The number of fused-ring (bicyclic) bond motifs is 1.